The van der Waals surface area contributed by atoms with Gasteiger partial charge in [-0.05, 0) is 49.4 Å². The molecule has 0 bridgehead atoms. The lowest BCUT2D eigenvalue weighted by Crippen LogP contribution is -2.29. The van der Waals surface area contributed by atoms with E-state index in [1.54, 1.807) is 80.8 Å². The van der Waals surface area contributed by atoms with Crippen molar-refractivity contribution in [3.05, 3.63) is 88.3 Å². The van der Waals surface area contributed by atoms with Crippen LogP contribution in [-0.2, 0) is 24.1 Å². The molecule has 0 spiro atoms. The van der Waals surface area contributed by atoms with Crippen molar-refractivity contribution < 1.29 is 13.2 Å². The van der Waals surface area contributed by atoms with Crippen LogP contribution in [0.5, 0.6) is 0 Å². The van der Waals surface area contributed by atoms with E-state index in [9.17, 15) is 18.0 Å². The van der Waals surface area contributed by atoms with Gasteiger partial charge in [-0.15, -0.1) is 0 Å². The zero-order valence-corrected chi connectivity index (χ0v) is 19.6. The Morgan fingerprint density at radius 2 is 1.55 bits per heavy atom. The van der Waals surface area contributed by atoms with Crippen LogP contribution in [0.4, 0.5) is 11.4 Å². The normalized spacial score (nSPS) is 11.5. The van der Waals surface area contributed by atoms with Crippen molar-refractivity contribution in [2.24, 2.45) is 14.1 Å². The molecule has 4 aromatic rings. The number of amides is 1. The molecule has 0 fully saturated rings. The number of benzene rings is 3. The van der Waals surface area contributed by atoms with Gasteiger partial charge in [-0.2, -0.15) is 0 Å². The molecule has 1 N–H and O–H groups in total. The summed E-state index contributed by atoms with van der Waals surface area (Å²) in [5.41, 5.74) is 3.15. The first-order valence-electron chi connectivity index (χ1n) is 10.2. The van der Waals surface area contributed by atoms with E-state index in [0.717, 1.165) is 15.4 Å². The average molecular weight is 465 g/mol. The smallest absolute Gasteiger partial charge is 0.322 e. The molecule has 9 heteroatoms. The predicted molar refractivity (Wildman–Crippen MR) is 129 cm³/mol. The fourth-order valence-electron chi connectivity index (χ4n) is 3.72. The Morgan fingerprint density at radius 3 is 2.24 bits per heavy atom. The minimum absolute atomic E-state index is 0.140. The third-order valence-electron chi connectivity index (χ3n) is 5.70. The summed E-state index contributed by atoms with van der Waals surface area (Å²) < 4.78 is 30.4. The van der Waals surface area contributed by atoms with E-state index in [4.69, 9.17) is 0 Å². The molecular weight excluding hydrogens is 440 g/mol. The molecule has 0 radical (unpaired) electrons. The molecule has 1 aromatic heterocycles. The lowest BCUT2D eigenvalue weighted by molar-refractivity contribution is 0.102. The fourth-order valence-corrected chi connectivity index (χ4v) is 4.94. The number of para-hydroxylation sites is 1. The maximum Gasteiger partial charge on any atom is 0.328 e. The number of nitrogens with one attached hydrogen (secondary N) is 1. The Balaban J connectivity index is 1.68. The number of sulfonamides is 1. The van der Waals surface area contributed by atoms with Gasteiger partial charge >= 0.3 is 5.69 Å². The average Bonchev–Trinajstić information content (AvgIpc) is 3.02. The summed E-state index contributed by atoms with van der Waals surface area (Å²) in [6.07, 6.45) is 0. The van der Waals surface area contributed by atoms with Crippen molar-refractivity contribution in [3.8, 4) is 0 Å². The molecule has 3 aromatic carbocycles. The zero-order valence-electron chi connectivity index (χ0n) is 18.7. The summed E-state index contributed by atoms with van der Waals surface area (Å²) in [5, 5.41) is 2.82. The second-order valence-corrected chi connectivity index (χ2v) is 9.83. The van der Waals surface area contributed by atoms with Crippen LogP contribution in [0.3, 0.4) is 0 Å². The van der Waals surface area contributed by atoms with E-state index in [1.807, 2.05) is 6.92 Å². The monoisotopic (exact) mass is 464 g/mol. The summed E-state index contributed by atoms with van der Waals surface area (Å²) in [5.74, 6) is -0.461. The molecule has 33 heavy (non-hydrogen) atoms. The van der Waals surface area contributed by atoms with Crippen LogP contribution in [0, 0.1) is 6.92 Å². The number of anilines is 2. The highest BCUT2D eigenvalue weighted by molar-refractivity contribution is 7.92. The van der Waals surface area contributed by atoms with Crippen molar-refractivity contribution in [3.63, 3.8) is 0 Å². The number of carbonyl (C=O) groups is 1. The summed E-state index contributed by atoms with van der Waals surface area (Å²) >= 11 is 0. The van der Waals surface area contributed by atoms with Gasteiger partial charge in [0.1, 0.15) is 0 Å². The van der Waals surface area contributed by atoms with Crippen molar-refractivity contribution in [2.45, 2.75) is 11.8 Å². The van der Waals surface area contributed by atoms with Crippen molar-refractivity contribution in [1.29, 1.82) is 0 Å². The Kier molecular flexibility index (Phi) is 5.59. The van der Waals surface area contributed by atoms with Gasteiger partial charge in [0.15, 0.2) is 0 Å². The molecule has 0 aliphatic rings. The summed E-state index contributed by atoms with van der Waals surface area (Å²) in [6, 6.07) is 18.2. The number of aromatic nitrogens is 2. The lowest BCUT2D eigenvalue weighted by Gasteiger charge is -2.22. The largest absolute Gasteiger partial charge is 0.328 e. The molecule has 0 aliphatic heterocycles. The van der Waals surface area contributed by atoms with Crippen LogP contribution in [0.1, 0.15) is 15.9 Å². The molecule has 1 heterocycles. The second-order valence-electron chi connectivity index (χ2n) is 7.86. The lowest BCUT2D eigenvalue weighted by atomic mass is 10.1. The SMILES string of the molecule is Cc1ccc(S(=O)(=O)N(C)c2ccccc2C(=O)Nc2ccc3c(c2)n(C)c(=O)n3C)cc1. The van der Waals surface area contributed by atoms with Gasteiger partial charge in [-0.1, -0.05) is 29.8 Å². The minimum Gasteiger partial charge on any atom is -0.322 e. The summed E-state index contributed by atoms with van der Waals surface area (Å²) in [4.78, 5) is 25.4. The maximum atomic E-state index is 13.2. The molecule has 1 amide bonds. The number of hydrogen-bond donors (Lipinski definition) is 1. The van der Waals surface area contributed by atoms with Crippen molar-refractivity contribution in [2.75, 3.05) is 16.7 Å². The predicted octanol–water partition coefficient (Wildman–Crippen LogP) is 3.26. The van der Waals surface area contributed by atoms with Gasteiger partial charge in [-0.25, -0.2) is 13.2 Å². The first-order valence-corrected chi connectivity index (χ1v) is 11.7. The highest BCUT2D eigenvalue weighted by Gasteiger charge is 2.25. The van der Waals surface area contributed by atoms with Crippen molar-refractivity contribution in [1.82, 2.24) is 9.13 Å². The van der Waals surface area contributed by atoms with Crippen molar-refractivity contribution >= 4 is 38.3 Å². The maximum absolute atomic E-state index is 13.2. The molecule has 0 saturated carbocycles. The van der Waals surface area contributed by atoms with Crippen LogP contribution in [0.15, 0.2) is 76.4 Å². The van der Waals surface area contributed by atoms with Gasteiger partial charge in [0.25, 0.3) is 15.9 Å². The number of imidazole rings is 1. The summed E-state index contributed by atoms with van der Waals surface area (Å²) in [7, 11) is 0.909. The molecule has 0 unspecified atom stereocenters. The molecule has 0 aliphatic carbocycles. The third kappa shape index (κ3) is 3.91. The number of hydrogen-bond acceptors (Lipinski definition) is 4. The molecular formula is C24H24N4O4S. The van der Waals surface area contributed by atoms with Crippen LogP contribution in [0.25, 0.3) is 11.0 Å². The molecule has 0 atom stereocenters. The Bertz CT molecular complexity index is 1530. The number of fused-ring (bicyclic) bond motifs is 1. The summed E-state index contributed by atoms with van der Waals surface area (Å²) in [6.45, 7) is 1.88. The van der Waals surface area contributed by atoms with Crippen LogP contribution < -0.4 is 15.3 Å². The molecule has 4 rings (SSSR count). The number of rotatable bonds is 5. The van der Waals surface area contributed by atoms with E-state index >= 15 is 0 Å². The number of carbonyl (C=O) groups excluding carboxylic acids is 1. The van der Waals surface area contributed by atoms with Gasteiger partial charge in [0, 0.05) is 26.8 Å². The van der Waals surface area contributed by atoms with Crippen LogP contribution >= 0.6 is 0 Å². The zero-order chi connectivity index (χ0) is 23.9. The second kappa shape index (κ2) is 8.25. The van der Waals surface area contributed by atoms with Gasteiger partial charge in [0.2, 0.25) is 0 Å². The quantitative estimate of drug-likeness (QED) is 0.491. The van der Waals surface area contributed by atoms with Gasteiger partial charge < -0.3 is 5.32 Å². The van der Waals surface area contributed by atoms with E-state index in [2.05, 4.69) is 5.32 Å². The van der Waals surface area contributed by atoms with Gasteiger partial charge in [-0.3, -0.25) is 18.2 Å². The molecule has 0 saturated heterocycles. The number of nitrogens with zero attached hydrogens (tertiary/aromatic N) is 3. The Morgan fingerprint density at radius 1 is 0.909 bits per heavy atom. The molecule has 170 valence electrons. The van der Waals surface area contributed by atoms with Gasteiger partial charge in [0.05, 0.1) is 27.2 Å². The first-order chi connectivity index (χ1) is 15.6. The molecule has 8 nitrogen and oxygen atoms in total. The first kappa shape index (κ1) is 22.3. The van der Waals surface area contributed by atoms with E-state index < -0.39 is 15.9 Å². The van der Waals surface area contributed by atoms with E-state index in [0.29, 0.717) is 11.2 Å². The highest BCUT2D eigenvalue weighted by Crippen LogP contribution is 2.27. The van der Waals surface area contributed by atoms with Crippen LogP contribution in [0.2, 0.25) is 0 Å². The highest BCUT2D eigenvalue weighted by atomic mass is 32.2. The van der Waals surface area contributed by atoms with E-state index in [-0.39, 0.29) is 21.8 Å². The third-order valence-corrected chi connectivity index (χ3v) is 7.48. The Labute approximate surface area is 191 Å². The standard InChI is InChI=1S/C24H24N4O4S/c1-16-9-12-18(13-10-16)33(31,32)28(4)20-8-6-5-7-19(20)23(29)25-17-11-14-21-22(15-17)27(3)24(30)26(21)2/h5-15H,1-4H3,(H,25,29). The van der Waals surface area contributed by atoms with Crippen LogP contribution in [-0.4, -0.2) is 30.5 Å². The topological polar surface area (TPSA) is 93.4 Å². The fraction of sp³-hybridized carbons (Fsp3) is 0.167. The van der Waals surface area contributed by atoms with E-state index in [1.165, 1.54) is 16.2 Å². The number of aryl methyl sites for hydroxylation is 3. The Hall–Kier alpha value is -3.85. The minimum atomic E-state index is -3.86.